The van der Waals surface area contributed by atoms with Crippen molar-refractivity contribution < 1.29 is 4.79 Å². The third-order valence-electron chi connectivity index (χ3n) is 2.58. The van der Waals surface area contributed by atoms with Gasteiger partial charge in [-0.3, -0.25) is 9.89 Å². The number of aromatic amines is 1. The number of rotatable bonds is 0. The molecule has 3 nitrogen and oxygen atoms in total. The average Bonchev–Trinajstić information content (AvgIpc) is 2.52. The highest BCUT2D eigenvalue weighted by atomic mass is 16.1. The van der Waals surface area contributed by atoms with Gasteiger partial charge in [-0.15, -0.1) is 0 Å². The van der Waals surface area contributed by atoms with Crippen molar-refractivity contribution in [1.82, 2.24) is 10.2 Å². The van der Waals surface area contributed by atoms with Crippen LogP contribution in [0, 0.1) is 0 Å². The number of carbonyl (C=O) groups is 1. The molecule has 1 aliphatic carbocycles. The van der Waals surface area contributed by atoms with E-state index in [1.165, 1.54) is 6.42 Å². The molecule has 0 amide bonds. The topological polar surface area (TPSA) is 45.8 Å². The van der Waals surface area contributed by atoms with Crippen molar-refractivity contribution in [3.05, 3.63) is 17.5 Å². The Bertz CT molecular complexity index is 304. The smallest absolute Gasteiger partial charge is 0.137 e. The molecule has 13 heavy (non-hydrogen) atoms. The van der Waals surface area contributed by atoms with Crippen molar-refractivity contribution in [2.75, 3.05) is 0 Å². The Morgan fingerprint density at radius 3 is 3.00 bits per heavy atom. The summed E-state index contributed by atoms with van der Waals surface area (Å²) in [7, 11) is 0. The zero-order chi connectivity index (χ0) is 9.10. The van der Waals surface area contributed by atoms with Crippen LogP contribution < -0.4 is 0 Å². The fourth-order valence-corrected chi connectivity index (χ4v) is 1.81. The first-order valence-electron chi connectivity index (χ1n) is 4.89. The second kappa shape index (κ2) is 3.73. The van der Waals surface area contributed by atoms with Crippen molar-refractivity contribution in [3.63, 3.8) is 0 Å². The molecule has 0 saturated heterocycles. The van der Waals surface area contributed by atoms with E-state index in [0.29, 0.717) is 12.2 Å². The summed E-state index contributed by atoms with van der Waals surface area (Å²) in [6, 6.07) is 0. The molecule has 0 radical (unpaired) electrons. The van der Waals surface area contributed by atoms with Crippen LogP contribution in [0.15, 0.2) is 6.20 Å². The Kier molecular flexibility index (Phi) is 2.43. The van der Waals surface area contributed by atoms with Crippen LogP contribution in [0.3, 0.4) is 0 Å². The average molecular weight is 178 g/mol. The normalized spacial score (nSPS) is 18.6. The van der Waals surface area contributed by atoms with Gasteiger partial charge < -0.3 is 0 Å². The third kappa shape index (κ3) is 1.97. The molecule has 0 bridgehead atoms. The highest BCUT2D eigenvalue weighted by Crippen LogP contribution is 2.15. The minimum Gasteiger partial charge on any atom is -0.299 e. The number of aryl methyl sites for hydroxylation is 1. The number of hydrogen-bond acceptors (Lipinski definition) is 2. The van der Waals surface area contributed by atoms with E-state index in [1.54, 1.807) is 6.20 Å². The highest BCUT2D eigenvalue weighted by molar-refractivity contribution is 5.81. The van der Waals surface area contributed by atoms with Gasteiger partial charge in [-0.1, -0.05) is 6.42 Å². The quantitative estimate of drug-likeness (QED) is 0.656. The van der Waals surface area contributed by atoms with Gasteiger partial charge in [0.25, 0.3) is 0 Å². The molecule has 1 aliphatic rings. The molecule has 0 unspecified atom stereocenters. The lowest BCUT2D eigenvalue weighted by Gasteiger charge is -1.97. The summed E-state index contributed by atoms with van der Waals surface area (Å²) in [6.07, 6.45) is 7.53. The Morgan fingerprint density at radius 1 is 1.23 bits per heavy atom. The van der Waals surface area contributed by atoms with E-state index in [-0.39, 0.29) is 0 Å². The predicted octanol–water partition coefficient (Wildman–Crippen LogP) is 1.64. The van der Waals surface area contributed by atoms with Gasteiger partial charge in [-0.2, -0.15) is 5.10 Å². The van der Waals surface area contributed by atoms with E-state index in [1.807, 2.05) is 0 Å². The number of H-pyrrole nitrogens is 1. The fraction of sp³-hybridized carbons (Fsp3) is 0.600. The van der Waals surface area contributed by atoms with Gasteiger partial charge in [0.05, 0.1) is 6.20 Å². The first-order valence-corrected chi connectivity index (χ1v) is 4.89. The van der Waals surface area contributed by atoms with E-state index >= 15 is 0 Å². The summed E-state index contributed by atoms with van der Waals surface area (Å²) in [5.74, 6) is 0.351. The second-order valence-electron chi connectivity index (χ2n) is 3.65. The molecule has 1 aromatic rings. The lowest BCUT2D eigenvalue weighted by atomic mass is 10.1. The Balaban J connectivity index is 2.19. The first kappa shape index (κ1) is 8.48. The minimum atomic E-state index is 0.351. The number of nitrogens with zero attached hydrogens (tertiary/aromatic N) is 1. The van der Waals surface area contributed by atoms with Crippen LogP contribution in [-0.4, -0.2) is 16.0 Å². The molecule has 3 heteroatoms. The van der Waals surface area contributed by atoms with E-state index < -0.39 is 0 Å². The maximum absolute atomic E-state index is 11.4. The third-order valence-corrected chi connectivity index (χ3v) is 2.58. The van der Waals surface area contributed by atoms with Crippen molar-refractivity contribution in [3.8, 4) is 0 Å². The van der Waals surface area contributed by atoms with Gasteiger partial charge in [0.2, 0.25) is 0 Å². The molecule has 0 aliphatic heterocycles. The van der Waals surface area contributed by atoms with Crippen molar-refractivity contribution in [1.29, 1.82) is 0 Å². The fourth-order valence-electron chi connectivity index (χ4n) is 1.81. The Hall–Kier alpha value is -1.12. The molecule has 0 aromatic carbocycles. The number of ketones is 1. The zero-order valence-corrected chi connectivity index (χ0v) is 7.68. The Labute approximate surface area is 77.5 Å². The molecule has 0 fully saturated rings. The summed E-state index contributed by atoms with van der Waals surface area (Å²) in [5.41, 5.74) is 2.27. The van der Waals surface area contributed by atoms with Crippen molar-refractivity contribution in [2.45, 2.75) is 38.5 Å². The van der Waals surface area contributed by atoms with Gasteiger partial charge in [-0.25, -0.2) is 0 Å². The monoisotopic (exact) mass is 178 g/mol. The number of nitrogens with one attached hydrogen (secondary N) is 1. The lowest BCUT2D eigenvalue weighted by Crippen LogP contribution is -2.02. The van der Waals surface area contributed by atoms with E-state index in [9.17, 15) is 4.79 Å². The number of hydrogen-bond donors (Lipinski definition) is 1. The molecule has 1 aromatic heterocycles. The van der Waals surface area contributed by atoms with Crippen LogP contribution in [0.5, 0.6) is 0 Å². The van der Waals surface area contributed by atoms with Gasteiger partial charge in [0, 0.05) is 24.1 Å². The van der Waals surface area contributed by atoms with Crippen LogP contribution in [0.2, 0.25) is 0 Å². The zero-order valence-electron chi connectivity index (χ0n) is 7.68. The molecular formula is C10H14N2O. The molecule has 0 atom stereocenters. The molecule has 70 valence electrons. The summed E-state index contributed by atoms with van der Waals surface area (Å²) >= 11 is 0. The van der Waals surface area contributed by atoms with Gasteiger partial charge in [0.1, 0.15) is 5.78 Å². The number of carbonyl (C=O) groups excluding carboxylic acids is 1. The highest BCUT2D eigenvalue weighted by Gasteiger charge is 2.12. The minimum absolute atomic E-state index is 0.351. The molecule has 1 heterocycles. The van der Waals surface area contributed by atoms with Gasteiger partial charge >= 0.3 is 0 Å². The van der Waals surface area contributed by atoms with Crippen LogP contribution in [0.4, 0.5) is 0 Å². The predicted molar refractivity (Wildman–Crippen MR) is 49.5 cm³/mol. The van der Waals surface area contributed by atoms with Crippen LogP contribution in [-0.2, 0) is 17.6 Å². The second-order valence-corrected chi connectivity index (χ2v) is 3.65. The number of aromatic nitrogens is 2. The Morgan fingerprint density at radius 2 is 2.08 bits per heavy atom. The van der Waals surface area contributed by atoms with Crippen LogP contribution in [0.25, 0.3) is 0 Å². The van der Waals surface area contributed by atoms with Crippen LogP contribution >= 0.6 is 0 Å². The number of fused-ring (bicyclic) bond motifs is 1. The van der Waals surface area contributed by atoms with E-state index in [0.717, 1.165) is 36.9 Å². The summed E-state index contributed by atoms with van der Waals surface area (Å²) < 4.78 is 0. The maximum atomic E-state index is 11.4. The largest absolute Gasteiger partial charge is 0.299 e. The summed E-state index contributed by atoms with van der Waals surface area (Å²) in [4.78, 5) is 11.4. The van der Waals surface area contributed by atoms with Crippen molar-refractivity contribution >= 4 is 5.78 Å². The molecule has 0 saturated carbocycles. The maximum Gasteiger partial charge on any atom is 0.137 e. The van der Waals surface area contributed by atoms with Gasteiger partial charge in [0.15, 0.2) is 0 Å². The van der Waals surface area contributed by atoms with Crippen molar-refractivity contribution in [2.24, 2.45) is 0 Å². The standard InChI is InChI=1S/C10H14N2O/c13-9-4-2-1-3-5-10-8(6-9)7-11-12-10/h7H,1-6H2,(H,11,12). The van der Waals surface area contributed by atoms with Crippen LogP contribution in [0.1, 0.15) is 36.9 Å². The molecule has 0 spiro atoms. The first-order chi connectivity index (χ1) is 6.36. The summed E-state index contributed by atoms with van der Waals surface area (Å²) in [5, 5.41) is 6.95. The summed E-state index contributed by atoms with van der Waals surface area (Å²) in [6.45, 7) is 0. The molecular weight excluding hydrogens is 164 g/mol. The van der Waals surface area contributed by atoms with E-state index in [4.69, 9.17) is 0 Å². The van der Waals surface area contributed by atoms with Gasteiger partial charge in [-0.05, 0) is 19.3 Å². The number of Topliss-reactive ketones (excluding diaryl/α,β-unsaturated/α-hetero) is 1. The molecule has 1 N–H and O–H groups in total. The SMILES string of the molecule is O=C1CCCCCc2[nH]ncc2C1. The molecule has 2 rings (SSSR count). The lowest BCUT2D eigenvalue weighted by molar-refractivity contribution is -0.118. The van der Waals surface area contributed by atoms with E-state index in [2.05, 4.69) is 10.2 Å².